The van der Waals surface area contributed by atoms with E-state index < -0.39 is 0 Å². The fraction of sp³-hybridized carbons (Fsp3) is 0.455. The molecule has 1 heterocycles. The summed E-state index contributed by atoms with van der Waals surface area (Å²) in [5.74, 6) is -0.349. The Bertz CT molecular complexity index is 876. The van der Waals surface area contributed by atoms with Crippen molar-refractivity contribution in [2.24, 2.45) is 0 Å². The van der Waals surface area contributed by atoms with Crippen molar-refractivity contribution in [2.45, 2.75) is 45.7 Å². The SMILES string of the molecule is CCOC(=O)c1c(NC(=O)NCc2cccc(CN(C)C)c2)sc2c1CCCC2. The molecule has 0 atom stereocenters. The van der Waals surface area contributed by atoms with Gasteiger partial charge in [0.15, 0.2) is 0 Å². The summed E-state index contributed by atoms with van der Waals surface area (Å²) >= 11 is 1.50. The molecule has 2 amide bonds. The molecule has 6 nitrogen and oxygen atoms in total. The number of benzene rings is 1. The van der Waals surface area contributed by atoms with Crippen molar-refractivity contribution >= 4 is 28.3 Å². The van der Waals surface area contributed by atoms with Crippen LogP contribution in [0.25, 0.3) is 0 Å². The lowest BCUT2D eigenvalue weighted by Crippen LogP contribution is -2.28. The Balaban J connectivity index is 1.68. The molecule has 1 aromatic carbocycles. The minimum absolute atomic E-state index is 0.313. The number of carbonyl (C=O) groups excluding carboxylic acids is 2. The standard InChI is InChI=1S/C22H29N3O3S/c1-4-28-21(26)19-17-10-5-6-11-18(17)29-20(19)24-22(27)23-13-15-8-7-9-16(12-15)14-25(2)3/h7-9,12H,4-6,10-11,13-14H2,1-3H3,(H2,23,24,27). The largest absolute Gasteiger partial charge is 0.462 e. The van der Waals surface area contributed by atoms with Gasteiger partial charge in [0, 0.05) is 18.0 Å². The van der Waals surface area contributed by atoms with Crippen LogP contribution in [-0.2, 0) is 30.7 Å². The molecule has 0 radical (unpaired) electrons. The van der Waals surface area contributed by atoms with Crippen LogP contribution in [0.2, 0.25) is 0 Å². The van der Waals surface area contributed by atoms with Crippen molar-refractivity contribution in [1.82, 2.24) is 10.2 Å². The lowest BCUT2D eigenvalue weighted by molar-refractivity contribution is 0.0526. The summed E-state index contributed by atoms with van der Waals surface area (Å²) in [4.78, 5) is 28.3. The van der Waals surface area contributed by atoms with Gasteiger partial charge in [0.2, 0.25) is 0 Å². The van der Waals surface area contributed by atoms with Crippen LogP contribution in [0.3, 0.4) is 0 Å². The van der Waals surface area contributed by atoms with E-state index in [1.807, 2.05) is 26.2 Å². The summed E-state index contributed by atoms with van der Waals surface area (Å²) < 4.78 is 5.24. The van der Waals surface area contributed by atoms with E-state index in [0.717, 1.165) is 43.4 Å². The van der Waals surface area contributed by atoms with Crippen molar-refractivity contribution in [1.29, 1.82) is 0 Å². The van der Waals surface area contributed by atoms with Gasteiger partial charge in [0.05, 0.1) is 12.2 Å². The number of amides is 2. The van der Waals surface area contributed by atoms with Crippen LogP contribution in [0, 0.1) is 0 Å². The lowest BCUT2D eigenvalue weighted by atomic mass is 9.95. The molecule has 0 saturated heterocycles. The van der Waals surface area contributed by atoms with E-state index in [2.05, 4.69) is 27.7 Å². The normalized spacial score (nSPS) is 13.1. The molecule has 2 N–H and O–H groups in total. The predicted octanol–water partition coefficient (Wildman–Crippen LogP) is 4.19. The number of hydrogen-bond acceptors (Lipinski definition) is 5. The minimum atomic E-state index is -0.349. The van der Waals surface area contributed by atoms with E-state index in [-0.39, 0.29) is 12.0 Å². The molecule has 0 aliphatic heterocycles. The highest BCUT2D eigenvalue weighted by Crippen LogP contribution is 2.38. The average Bonchev–Trinajstić information content (AvgIpc) is 3.04. The van der Waals surface area contributed by atoms with E-state index in [4.69, 9.17) is 4.74 Å². The number of fused-ring (bicyclic) bond motifs is 1. The molecule has 0 fully saturated rings. The molecule has 2 aromatic rings. The predicted molar refractivity (Wildman–Crippen MR) is 117 cm³/mol. The fourth-order valence-corrected chi connectivity index (χ4v) is 4.88. The van der Waals surface area contributed by atoms with Gasteiger partial charge in [-0.2, -0.15) is 0 Å². The highest BCUT2D eigenvalue weighted by atomic mass is 32.1. The van der Waals surface area contributed by atoms with Crippen LogP contribution in [0.4, 0.5) is 9.80 Å². The molecule has 0 saturated carbocycles. The topological polar surface area (TPSA) is 70.7 Å². The fourth-order valence-electron chi connectivity index (χ4n) is 3.61. The van der Waals surface area contributed by atoms with Gasteiger partial charge in [-0.3, -0.25) is 5.32 Å². The van der Waals surface area contributed by atoms with E-state index >= 15 is 0 Å². The summed E-state index contributed by atoms with van der Waals surface area (Å²) in [5, 5.41) is 6.37. The third-order valence-corrected chi connectivity index (χ3v) is 6.03. The molecule has 0 bridgehead atoms. The molecular weight excluding hydrogens is 386 g/mol. The van der Waals surface area contributed by atoms with E-state index in [0.29, 0.717) is 23.7 Å². The van der Waals surface area contributed by atoms with Crippen LogP contribution < -0.4 is 10.6 Å². The van der Waals surface area contributed by atoms with E-state index in [9.17, 15) is 9.59 Å². The highest BCUT2D eigenvalue weighted by Gasteiger charge is 2.27. The minimum Gasteiger partial charge on any atom is -0.462 e. The van der Waals surface area contributed by atoms with Gasteiger partial charge in [0.1, 0.15) is 5.00 Å². The zero-order valence-corrected chi connectivity index (χ0v) is 18.2. The quantitative estimate of drug-likeness (QED) is 0.666. The molecule has 0 spiro atoms. The Morgan fingerprint density at radius 3 is 2.69 bits per heavy atom. The zero-order valence-electron chi connectivity index (χ0n) is 17.3. The van der Waals surface area contributed by atoms with Crippen molar-refractivity contribution in [2.75, 3.05) is 26.0 Å². The smallest absolute Gasteiger partial charge is 0.341 e. The first kappa shape index (κ1) is 21.3. The van der Waals surface area contributed by atoms with Gasteiger partial charge in [-0.15, -0.1) is 11.3 Å². The Morgan fingerprint density at radius 2 is 1.93 bits per heavy atom. The Labute approximate surface area is 176 Å². The number of esters is 1. The molecule has 29 heavy (non-hydrogen) atoms. The maximum absolute atomic E-state index is 12.5. The summed E-state index contributed by atoms with van der Waals surface area (Å²) in [6, 6.07) is 7.85. The van der Waals surface area contributed by atoms with E-state index in [1.54, 1.807) is 6.92 Å². The number of nitrogens with zero attached hydrogens (tertiary/aromatic N) is 1. The van der Waals surface area contributed by atoms with Gasteiger partial charge in [0.25, 0.3) is 0 Å². The van der Waals surface area contributed by atoms with Crippen molar-refractivity contribution in [3.05, 3.63) is 51.4 Å². The Kier molecular flexibility index (Phi) is 7.28. The Hall–Kier alpha value is -2.38. The Morgan fingerprint density at radius 1 is 1.17 bits per heavy atom. The van der Waals surface area contributed by atoms with Gasteiger partial charge >= 0.3 is 12.0 Å². The molecule has 1 aliphatic rings. The van der Waals surface area contributed by atoms with Crippen LogP contribution in [-0.4, -0.2) is 37.6 Å². The van der Waals surface area contributed by atoms with Crippen LogP contribution in [0.1, 0.15) is 51.7 Å². The second-order valence-corrected chi connectivity index (χ2v) is 8.61. The van der Waals surface area contributed by atoms with Crippen LogP contribution >= 0.6 is 11.3 Å². The third-order valence-electron chi connectivity index (χ3n) is 4.82. The summed E-state index contributed by atoms with van der Waals surface area (Å²) in [6.45, 7) is 3.38. The number of thiophene rings is 1. The first-order valence-corrected chi connectivity index (χ1v) is 10.9. The first-order chi connectivity index (χ1) is 14.0. The molecule has 0 unspecified atom stereocenters. The van der Waals surface area contributed by atoms with Crippen LogP contribution in [0.15, 0.2) is 24.3 Å². The molecule has 1 aromatic heterocycles. The highest BCUT2D eigenvalue weighted by molar-refractivity contribution is 7.17. The maximum Gasteiger partial charge on any atom is 0.341 e. The van der Waals surface area contributed by atoms with Gasteiger partial charge in [-0.1, -0.05) is 24.3 Å². The van der Waals surface area contributed by atoms with Gasteiger partial charge in [-0.25, -0.2) is 9.59 Å². The third kappa shape index (κ3) is 5.58. The second-order valence-electron chi connectivity index (χ2n) is 7.50. The van der Waals surface area contributed by atoms with Crippen molar-refractivity contribution < 1.29 is 14.3 Å². The molecular formula is C22H29N3O3S. The number of ether oxygens (including phenoxy) is 1. The number of anilines is 1. The van der Waals surface area contributed by atoms with Crippen LogP contribution in [0.5, 0.6) is 0 Å². The summed E-state index contributed by atoms with van der Waals surface area (Å²) in [6.07, 6.45) is 3.99. The zero-order chi connectivity index (χ0) is 20.8. The number of nitrogens with one attached hydrogen (secondary N) is 2. The molecule has 7 heteroatoms. The number of aryl methyl sites for hydroxylation is 1. The molecule has 156 valence electrons. The van der Waals surface area contributed by atoms with Crippen molar-refractivity contribution in [3.63, 3.8) is 0 Å². The second kappa shape index (κ2) is 9.89. The number of carbonyl (C=O) groups is 2. The molecule has 1 aliphatic carbocycles. The number of urea groups is 1. The molecule has 3 rings (SSSR count). The van der Waals surface area contributed by atoms with E-state index in [1.165, 1.54) is 21.8 Å². The number of hydrogen-bond donors (Lipinski definition) is 2. The summed E-state index contributed by atoms with van der Waals surface area (Å²) in [5.41, 5.74) is 3.82. The van der Waals surface area contributed by atoms with Crippen molar-refractivity contribution in [3.8, 4) is 0 Å². The number of rotatable bonds is 7. The summed E-state index contributed by atoms with van der Waals surface area (Å²) in [7, 11) is 4.06. The average molecular weight is 416 g/mol. The van der Waals surface area contributed by atoms with Gasteiger partial charge < -0.3 is 15.0 Å². The lowest BCUT2D eigenvalue weighted by Gasteiger charge is -2.13. The maximum atomic E-state index is 12.5. The van der Waals surface area contributed by atoms with Gasteiger partial charge in [-0.05, 0) is 63.4 Å². The first-order valence-electron chi connectivity index (χ1n) is 10.1. The monoisotopic (exact) mass is 415 g/mol.